The highest BCUT2D eigenvalue weighted by atomic mass is 127. The van der Waals surface area contributed by atoms with E-state index in [1.54, 1.807) is 7.05 Å². The molecule has 9 heteroatoms. The third kappa shape index (κ3) is 9.26. The first-order valence-electron chi connectivity index (χ1n) is 7.49. The summed E-state index contributed by atoms with van der Waals surface area (Å²) in [6.45, 7) is 2.48. The van der Waals surface area contributed by atoms with Crippen molar-refractivity contribution < 1.29 is 8.42 Å². The zero-order valence-electron chi connectivity index (χ0n) is 14.9. The van der Waals surface area contributed by atoms with Crippen molar-refractivity contribution in [2.75, 3.05) is 38.1 Å². The predicted molar refractivity (Wildman–Crippen MR) is 111 cm³/mol. The highest BCUT2D eigenvalue weighted by Gasteiger charge is 2.09. The first-order valence-corrected chi connectivity index (χ1v) is 9.55. The number of nitrogens with one attached hydrogen (secondary N) is 2. The summed E-state index contributed by atoms with van der Waals surface area (Å²) in [5.41, 5.74) is 0.905. The lowest BCUT2D eigenvalue weighted by Crippen LogP contribution is -2.42. The minimum Gasteiger partial charge on any atom is -0.363 e. The van der Waals surface area contributed by atoms with E-state index in [0.717, 1.165) is 11.5 Å². The molecular weight excluding hydrogens is 441 g/mol. The Kier molecular flexibility index (Phi) is 10.2. The van der Waals surface area contributed by atoms with Crippen molar-refractivity contribution in [3.05, 3.63) is 23.9 Å². The first-order chi connectivity index (χ1) is 10.7. The molecule has 7 nitrogen and oxygen atoms in total. The van der Waals surface area contributed by atoms with Gasteiger partial charge in [-0.05, 0) is 25.5 Å². The molecule has 0 bridgehead atoms. The fourth-order valence-electron chi connectivity index (χ4n) is 1.88. The van der Waals surface area contributed by atoms with E-state index >= 15 is 0 Å². The molecule has 1 aromatic rings. The number of hydrogen-bond acceptors (Lipinski definition) is 5. The molecule has 0 spiro atoms. The van der Waals surface area contributed by atoms with E-state index in [9.17, 15) is 8.42 Å². The minimum absolute atomic E-state index is 0. The largest absolute Gasteiger partial charge is 0.363 e. The Balaban J connectivity index is 0.00000529. The molecule has 0 aromatic carbocycles. The van der Waals surface area contributed by atoms with E-state index in [1.807, 2.05) is 44.1 Å². The number of guanidine groups is 1. The zero-order chi connectivity index (χ0) is 17.5. The van der Waals surface area contributed by atoms with E-state index in [1.165, 1.54) is 6.26 Å². The van der Waals surface area contributed by atoms with Crippen LogP contribution >= 0.6 is 24.0 Å². The van der Waals surface area contributed by atoms with E-state index in [-0.39, 0.29) is 35.8 Å². The van der Waals surface area contributed by atoms with Crippen molar-refractivity contribution in [3.63, 3.8) is 0 Å². The number of anilines is 1. The molecule has 0 aliphatic heterocycles. The van der Waals surface area contributed by atoms with Gasteiger partial charge in [-0.1, -0.05) is 6.07 Å². The third-order valence-electron chi connectivity index (χ3n) is 3.22. The second kappa shape index (κ2) is 10.7. The van der Waals surface area contributed by atoms with Crippen molar-refractivity contribution in [1.82, 2.24) is 15.6 Å². The molecule has 0 fully saturated rings. The van der Waals surface area contributed by atoms with Gasteiger partial charge in [0.25, 0.3) is 0 Å². The van der Waals surface area contributed by atoms with Crippen LogP contribution in [0.25, 0.3) is 0 Å². The van der Waals surface area contributed by atoms with Crippen LogP contribution in [-0.2, 0) is 16.4 Å². The van der Waals surface area contributed by atoms with Crippen molar-refractivity contribution in [3.8, 4) is 0 Å². The van der Waals surface area contributed by atoms with Crippen LogP contribution in [0.5, 0.6) is 0 Å². The molecule has 24 heavy (non-hydrogen) atoms. The highest BCUT2D eigenvalue weighted by Crippen LogP contribution is 2.07. The Hall–Kier alpha value is -1.10. The minimum atomic E-state index is -2.94. The summed E-state index contributed by atoms with van der Waals surface area (Å²) in [4.78, 5) is 10.6. The summed E-state index contributed by atoms with van der Waals surface area (Å²) in [5.74, 6) is 1.68. The predicted octanol–water partition coefficient (Wildman–Crippen LogP) is 1.25. The Morgan fingerprint density at radius 3 is 2.58 bits per heavy atom. The Morgan fingerprint density at radius 2 is 2.04 bits per heavy atom. The summed E-state index contributed by atoms with van der Waals surface area (Å²) in [7, 11) is 2.63. The van der Waals surface area contributed by atoms with Gasteiger partial charge in [0.15, 0.2) is 5.96 Å². The van der Waals surface area contributed by atoms with E-state index in [0.29, 0.717) is 18.9 Å². The smallest absolute Gasteiger partial charge is 0.191 e. The fourth-order valence-corrected chi connectivity index (χ4v) is 2.66. The maximum Gasteiger partial charge on any atom is 0.191 e. The summed E-state index contributed by atoms with van der Waals surface area (Å²) in [6.07, 6.45) is 1.78. The topological polar surface area (TPSA) is 86.7 Å². The maximum absolute atomic E-state index is 11.2. The molecule has 1 aromatic heterocycles. The van der Waals surface area contributed by atoms with Crippen LogP contribution in [0.3, 0.4) is 0 Å². The third-order valence-corrected chi connectivity index (χ3v) is 4.19. The lowest BCUT2D eigenvalue weighted by atomic mass is 10.3. The van der Waals surface area contributed by atoms with Crippen LogP contribution in [0.15, 0.2) is 23.2 Å². The second-order valence-electron chi connectivity index (χ2n) is 5.77. The lowest BCUT2D eigenvalue weighted by Gasteiger charge is -2.18. The molecule has 0 saturated heterocycles. The lowest BCUT2D eigenvalue weighted by molar-refractivity contribution is 0.581. The molecule has 0 saturated carbocycles. The van der Waals surface area contributed by atoms with Gasteiger partial charge in [-0.3, -0.25) is 4.99 Å². The standard InChI is InChI=1S/C15H27N5O2S.HI/c1-12(9-10-23(5,21)22)18-15(16-2)17-11-13-7-6-8-14(19-13)20(3)4;/h6-8,12H,9-11H2,1-5H3,(H2,16,17,18);1H. The van der Waals surface area contributed by atoms with Gasteiger partial charge in [0.2, 0.25) is 0 Å². The number of aromatic nitrogens is 1. The van der Waals surface area contributed by atoms with Crippen molar-refractivity contribution >= 4 is 45.6 Å². The summed E-state index contributed by atoms with van der Waals surface area (Å²) in [6, 6.07) is 5.87. The van der Waals surface area contributed by atoms with Crippen LogP contribution < -0.4 is 15.5 Å². The van der Waals surface area contributed by atoms with Crippen LogP contribution in [0, 0.1) is 0 Å². The van der Waals surface area contributed by atoms with Crippen molar-refractivity contribution in [2.45, 2.75) is 25.9 Å². The summed E-state index contributed by atoms with van der Waals surface area (Å²) >= 11 is 0. The van der Waals surface area contributed by atoms with Gasteiger partial charge in [-0.2, -0.15) is 0 Å². The summed E-state index contributed by atoms with van der Waals surface area (Å²) < 4.78 is 22.4. The van der Waals surface area contributed by atoms with Crippen molar-refractivity contribution in [2.24, 2.45) is 4.99 Å². The maximum atomic E-state index is 11.2. The van der Waals surface area contributed by atoms with Crippen LogP contribution in [0.2, 0.25) is 0 Å². The van der Waals surface area contributed by atoms with E-state index in [2.05, 4.69) is 20.6 Å². The van der Waals surface area contributed by atoms with E-state index < -0.39 is 9.84 Å². The van der Waals surface area contributed by atoms with Gasteiger partial charge < -0.3 is 15.5 Å². The van der Waals surface area contributed by atoms with Crippen LogP contribution in [-0.4, -0.2) is 58.6 Å². The van der Waals surface area contributed by atoms with Gasteiger partial charge in [-0.15, -0.1) is 24.0 Å². The molecule has 0 radical (unpaired) electrons. The second-order valence-corrected chi connectivity index (χ2v) is 8.03. The summed E-state index contributed by atoms with van der Waals surface area (Å²) in [5, 5.41) is 6.37. The molecular formula is C15H28IN5O2S. The number of nitrogens with zero attached hydrogens (tertiary/aromatic N) is 3. The van der Waals surface area contributed by atoms with Gasteiger partial charge in [-0.25, -0.2) is 13.4 Å². The number of pyridine rings is 1. The van der Waals surface area contributed by atoms with Crippen LogP contribution in [0.4, 0.5) is 5.82 Å². The van der Waals surface area contributed by atoms with Gasteiger partial charge >= 0.3 is 0 Å². The number of halogens is 1. The monoisotopic (exact) mass is 469 g/mol. The number of sulfone groups is 1. The zero-order valence-corrected chi connectivity index (χ0v) is 18.1. The average molecular weight is 469 g/mol. The van der Waals surface area contributed by atoms with Gasteiger partial charge in [0.05, 0.1) is 18.0 Å². The fraction of sp³-hybridized carbons (Fsp3) is 0.600. The Labute approximate surface area is 162 Å². The normalized spacial score (nSPS) is 13.0. The molecule has 138 valence electrons. The quantitative estimate of drug-likeness (QED) is 0.355. The SMILES string of the molecule is CN=C(NCc1cccc(N(C)C)n1)NC(C)CCS(C)(=O)=O.I. The molecule has 1 unspecified atom stereocenters. The Morgan fingerprint density at radius 1 is 1.38 bits per heavy atom. The van der Waals surface area contributed by atoms with Crippen molar-refractivity contribution in [1.29, 1.82) is 0 Å². The molecule has 2 N–H and O–H groups in total. The van der Waals surface area contributed by atoms with Crippen LogP contribution in [0.1, 0.15) is 19.0 Å². The molecule has 0 aliphatic carbocycles. The van der Waals surface area contributed by atoms with Gasteiger partial charge in [0, 0.05) is 33.4 Å². The molecule has 0 aliphatic rings. The Bertz CT molecular complexity index is 635. The number of rotatable bonds is 7. The molecule has 1 rings (SSSR count). The number of aliphatic imine (C=N–C) groups is 1. The first kappa shape index (κ1) is 22.9. The number of hydrogen-bond donors (Lipinski definition) is 2. The highest BCUT2D eigenvalue weighted by molar-refractivity contribution is 14.0. The molecule has 1 atom stereocenters. The van der Waals surface area contributed by atoms with Gasteiger partial charge in [0.1, 0.15) is 15.7 Å². The average Bonchev–Trinajstić information content (AvgIpc) is 2.49. The molecule has 1 heterocycles. The van der Waals surface area contributed by atoms with E-state index in [4.69, 9.17) is 0 Å². The molecule has 0 amide bonds.